The van der Waals surface area contributed by atoms with E-state index in [9.17, 15) is 4.79 Å². The van der Waals surface area contributed by atoms with E-state index in [4.69, 9.17) is 16.2 Å². The molecule has 0 radical (unpaired) electrons. The van der Waals surface area contributed by atoms with E-state index < -0.39 is 5.97 Å². The van der Waals surface area contributed by atoms with E-state index in [2.05, 4.69) is 9.72 Å². The fourth-order valence-electron chi connectivity index (χ4n) is 1.79. The number of carbonyl (C=O) groups excluding carboxylic acids is 1. The van der Waals surface area contributed by atoms with Gasteiger partial charge in [-0.15, -0.1) is 0 Å². The summed E-state index contributed by atoms with van der Waals surface area (Å²) in [6.07, 6.45) is 0. The zero-order chi connectivity index (χ0) is 13.1. The number of hydrogen-bond donors (Lipinski definition) is 2. The lowest BCUT2D eigenvalue weighted by Crippen LogP contribution is -2.37. The molecule has 0 atom stereocenters. The Morgan fingerprint density at radius 2 is 2.11 bits per heavy atom. The normalized spacial score (nSPS) is 15.5. The maximum Gasteiger partial charge on any atom is 0.340 e. The van der Waals surface area contributed by atoms with Gasteiger partial charge in [0.15, 0.2) is 0 Å². The molecule has 98 valence electrons. The Kier molecular flexibility index (Phi) is 3.52. The highest BCUT2D eigenvalue weighted by Crippen LogP contribution is 2.25. The summed E-state index contributed by atoms with van der Waals surface area (Å²) in [7, 11) is 1.30. The van der Waals surface area contributed by atoms with Crippen LogP contribution in [0.25, 0.3) is 0 Å². The van der Waals surface area contributed by atoms with Gasteiger partial charge in [-0.2, -0.15) is 0 Å². The number of aromatic nitrogens is 1. The van der Waals surface area contributed by atoms with E-state index in [-0.39, 0.29) is 17.1 Å². The van der Waals surface area contributed by atoms with Crippen LogP contribution in [0, 0.1) is 0 Å². The maximum atomic E-state index is 11.6. The minimum Gasteiger partial charge on any atom is -0.465 e. The highest BCUT2D eigenvalue weighted by Gasteiger charge is 2.19. The van der Waals surface area contributed by atoms with Crippen molar-refractivity contribution in [1.82, 2.24) is 4.98 Å². The zero-order valence-corrected chi connectivity index (χ0v) is 10.2. The van der Waals surface area contributed by atoms with E-state index in [1.54, 1.807) is 6.07 Å². The number of rotatable bonds is 2. The highest BCUT2D eigenvalue weighted by atomic mass is 16.5. The second-order valence-electron chi connectivity index (χ2n) is 3.92. The molecule has 1 aromatic heterocycles. The fraction of sp³-hybridized carbons (Fsp3) is 0.455. The Balaban J connectivity index is 2.36. The van der Waals surface area contributed by atoms with Crippen LogP contribution in [0.4, 0.5) is 17.3 Å². The lowest BCUT2D eigenvalue weighted by Gasteiger charge is -2.28. The van der Waals surface area contributed by atoms with Crippen molar-refractivity contribution in [2.75, 3.05) is 49.8 Å². The number of esters is 1. The molecule has 0 saturated carbocycles. The van der Waals surface area contributed by atoms with Crippen LogP contribution in [0.5, 0.6) is 0 Å². The third-order valence-electron chi connectivity index (χ3n) is 2.81. The minimum atomic E-state index is -0.517. The van der Waals surface area contributed by atoms with Crippen molar-refractivity contribution in [3.8, 4) is 0 Å². The smallest absolute Gasteiger partial charge is 0.340 e. The average molecular weight is 252 g/mol. The molecule has 0 amide bonds. The first-order valence-electron chi connectivity index (χ1n) is 5.60. The number of anilines is 3. The summed E-state index contributed by atoms with van der Waals surface area (Å²) >= 11 is 0. The quantitative estimate of drug-likeness (QED) is 0.706. The molecular formula is C11H16N4O3. The van der Waals surface area contributed by atoms with Gasteiger partial charge in [0.1, 0.15) is 11.6 Å². The van der Waals surface area contributed by atoms with Gasteiger partial charge in [-0.1, -0.05) is 0 Å². The average Bonchev–Trinajstić information content (AvgIpc) is 2.41. The molecule has 2 heterocycles. The van der Waals surface area contributed by atoms with Gasteiger partial charge in [0, 0.05) is 13.1 Å². The first-order chi connectivity index (χ1) is 8.63. The SMILES string of the molecule is COC(=O)c1cc(N2CCOCC2)nc(N)c1N. The van der Waals surface area contributed by atoms with Gasteiger partial charge in [-0.05, 0) is 6.07 Å². The number of nitrogen functional groups attached to an aromatic ring is 2. The van der Waals surface area contributed by atoms with Gasteiger partial charge in [0.25, 0.3) is 0 Å². The van der Waals surface area contributed by atoms with E-state index in [1.807, 2.05) is 4.90 Å². The molecule has 7 nitrogen and oxygen atoms in total. The molecule has 0 spiro atoms. The van der Waals surface area contributed by atoms with Crippen molar-refractivity contribution in [2.24, 2.45) is 0 Å². The molecule has 0 aliphatic carbocycles. The Labute approximate surface area is 105 Å². The third-order valence-corrected chi connectivity index (χ3v) is 2.81. The standard InChI is InChI=1S/C11H16N4O3/c1-17-11(16)7-6-8(14-10(13)9(7)12)15-2-4-18-5-3-15/h6H,2-5,12H2,1H3,(H2,13,14). The minimum absolute atomic E-state index is 0.138. The molecule has 0 unspecified atom stereocenters. The Bertz CT molecular complexity index is 458. The summed E-state index contributed by atoms with van der Waals surface area (Å²) in [5.74, 6) is 0.237. The van der Waals surface area contributed by atoms with Crippen LogP contribution in [-0.4, -0.2) is 44.4 Å². The van der Waals surface area contributed by atoms with E-state index in [0.29, 0.717) is 32.1 Å². The van der Waals surface area contributed by atoms with Gasteiger partial charge in [0.2, 0.25) is 0 Å². The molecule has 1 saturated heterocycles. The molecule has 1 aromatic rings. The van der Waals surface area contributed by atoms with Gasteiger partial charge >= 0.3 is 5.97 Å². The van der Waals surface area contributed by atoms with Crippen LogP contribution in [0.1, 0.15) is 10.4 Å². The van der Waals surface area contributed by atoms with E-state index in [1.165, 1.54) is 7.11 Å². The topological polar surface area (TPSA) is 104 Å². The van der Waals surface area contributed by atoms with Crippen LogP contribution in [0.15, 0.2) is 6.07 Å². The zero-order valence-electron chi connectivity index (χ0n) is 10.2. The van der Waals surface area contributed by atoms with Crippen molar-refractivity contribution in [1.29, 1.82) is 0 Å². The summed E-state index contributed by atoms with van der Waals surface area (Å²) in [6.45, 7) is 2.66. The van der Waals surface area contributed by atoms with Crippen LogP contribution in [-0.2, 0) is 9.47 Å². The summed E-state index contributed by atoms with van der Waals surface area (Å²) in [6, 6.07) is 1.60. The molecule has 1 aliphatic rings. The van der Waals surface area contributed by atoms with Crippen LogP contribution >= 0.6 is 0 Å². The number of ether oxygens (including phenoxy) is 2. The molecule has 18 heavy (non-hydrogen) atoms. The van der Waals surface area contributed by atoms with E-state index in [0.717, 1.165) is 0 Å². The van der Waals surface area contributed by atoms with Crippen LogP contribution in [0.2, 0.25) is 0 Å². The monoisotopic (exact) mass is 252 g/mol. The number of methoxy groups -OCH3 is 1. The second-order valence-corrected chi connectivity index (χ2v) is 3.92. The molecular weight excluding hydrogens is 236 g/mol. The predicted octanol–water partition coefficient (Wildman–Crippen LogP) is -0.131. The summed E-state index contributed by atoms with van der Waals surface area (Å²) < 4.78 is 9.93. The summed E-state index contributed by atoms with van der Waals surface area (Å²) in [5, 5.41) is 0. The van der Waals surface area contributed by atoms with Crippen molar-refractivity contribution in [3.05, 3.63) is 11.6 Å². The number of pyridine rings is 1. The van der Waals surface area contributed by atoms with Crippen LogP contribution < -0.4 is 16.4 Å². The summed E-state index contributed by atoms with van der Waals surface area (Å²) in [4.78, 5) is 17.8. The lowest BCUT2D eigenvalue weighted by molar-refractivity contribution is 0.0602. The summed E-state index contributed by atoms with van der Waals surface area (Å²) in [5.41, 5.74) is 11.8. The Hall–Kier alpha value is -2.02. The highest BCUT2D eigenvalue weighted by molar-refractivity contribution is 5.98. The number of morpholine rings is 1. The first kappa shape index (κ1) is 12.4. The fourth-order valence-corrected chi connectivity index (χ4v) is 1.79. The van der Waals surface area contributed by atoms with Crippen molar-refractivity contribution in [2.45, 2.75) is 0 Å². The molecule has 2 rings (SSSR count). The number of hydrogen-bond acceptors (Lipinski definition) is 7. The molecule has 7 heteroatoms. The molecule has 0 bridgehead atoms. The van der Waals surface area contributed by atoms with Gasteiger partial charge in [0.05, 0.1) is 31.6 Å². The van der Waals surface area contributed by atoms with E-state index >= 15 is 0 Å². The first-order valence-corrected chi connectivity index (χ1v) is 5.60. The second kappa shape index (κ2) is 5.09. The van der Waals surface area contributed by atoms with Gasteiger partial charge in [-0.25, -0.2) is 9.78 Å². The molecule has 1 fully saturated rings. The van der Waals surface area contributed by atoms with Crippen molar-refractivity contribution < 1.29 is 14.3 Å². The van der Waals surface area contributed by atoms with Crippen molar-refractivity contribution in [3.63, 3.8) is 0 Å². The molecule has 1 aliphatic heterocycles. The van der Waals surface area contributed by atoms with Gasteiger partial charge in [-0.3, -0.25) is 0 Å². The van der Waals surface area contributed by atoms with Crippen LogP contribution in [0.3, 0.4) is 0 Å². The van der Waals surface area contributed by atoms with Gasteiger partial charge < -0.3 is 25.8 Å². The van der Waals surface area contributed by atoms with Crippen molar-refractivity contribution >= 4 is 23.3 Å². The molecule has 0 aromatic carbocycles. The Morgan fingerprint density at radius 1 is 1.44 bits per heavy atom. The number of nitrogens with zero attached hydrogens (tertiary/aromatic N) is 2. The third kappa shape index (κ3) is 2.30. The Morgan fingerprint density at radius 3 is 2.72 bits per heavy atom. The predicted molar refractivity (Wildman–Crippen MR) is 67.4 cm³/mol. The number of carbonyl (C=O) groups is 1. The lowest BCUT2D eigenvalue weighted by atomic mass is 10.2. The molecule has 4 N–H and O–H groups in total. The number of nitrogens with two attached hydrogens (primary N) is 2. The maximum absolute atomic E-state index is 11.6. The largest absolute Gasteiger partial charge is 0.465 e.